The van der Waals surface area contributed by atoms with Gasteiger partial charge in [-0.3, -0.25) is 4.79 Å². The summed E-state index contributed by atoms with van der Waals surface area (Å²) in [5.41, 5.74) is 0.332. The van der Waals surface area contributed by atoms with E-state index in [1.54, 1.807) is 18.2 Å². The van der Waals surface area contributed by atoms with Gasteiger partial charge in [-0.2, -0.15) is 0 Å². The van der Waals surface area contributed by atoms with Gasteiger partial charge in [-0.15, -0.1) is 0 Å². The van der Waals surface area contributed by atoms with Crippen LogP contribution < -0.4 is 5.32 Å². The SMILES string of the molecule is CC12CCC(C(=O)Nc3cc(Cl)ccc3Cl)(C1Br)C2(C)C. The normalized spacial score (nSPS) is 36.2. The maximum Gasteiger partial charge on any atom is 0.232 e. The van der Waals surface area contributed by atoms with Crippen LogP contribution in [0.5, 0.6) is 0 Å². The van der Waals surface area contributed by atoms with Crippen molar-refractivity contribution in [3.05, 3.63) is 28.2 Å². The lowest BCUT2D eigenvalue weighted by Gasteiger charge is -2.64. The van der Waals surface area contributed by atoms with Crippen molar-refractivity contribution in [1.29, 1.82) is 0 Å². The predicted octanol–water partition coefficient (Wildman–Crippen LogP) is 5.52. The molecule has 114 valence electrons. The van der Waals surface area contributed by atoms with Gasteiger partial charge in [0.15, 0.2) is 0 Å². The molecule has 1 aromatic rings. The van der Waals surface area contributed by atoms with E-state index in [1.165, 1.54) is 0 Å². The molecule has 0 spiro atoms. The van der Waals surface area contributed by atoms with Gasteiger partial charge in [-0.05, 0) is 41.9 Å². The van der Waals surface area contributed by atoms with Gasteiger partial charge in [0, 0.05) is 9.85 Å². The lowest BCUT2D eigenvalue weighted by atomic mass is 9.43. The molecule has 3 aliphatic carbocycles. The first kappa shape index (κ1) is 15.6. The van der Waals surface area contributed by atoms with Crippen LogP contribution in [0.4, 0.5) is 5.69 Å². The van der Waals surface area contributed by atoms with Crippen molar-refractivity contribution < 1.29 is 4.79 Å². The summed E-state index contributed by atoms with van der Waals surface area (Å²) in [7, 11) is 0. The second-order valence-electron chi connectivity index (χ2n) is 6.95. The fourth-order valence-corrected chi connectivity index (χ4v) is 6.43. The second-order valence-corrected chi connectivity index (χ2v) is 8.71. The van der Waals surface area contributed by atoms with Crippen LogP contribution in [0.3, 0.4) is 0 Å². The average molecular weight is 391 g/mol. The standard InChI is InChI=1S/C16H18BrCl2NO/c1-14(2)15(3)6-7-16(14,12(15)17)13(21)20-11-8-9(18)4-5-10(11)19/h4-5,8,12H,6-7H2,1-3H3,(H,20,21). The number of nitrogens with one attached hydrogen (secondary N) is 1. The number of hydrogen-bond donors (Lipinski definition) is 1. The first-order valence-electron chi connectivity index (χ1n) is 7.07. The Labute approximate surface area is 143 Å². The van der Waals surface area contributed by atoms with E-state index in [0.717, 1.165) is 12.8 Å². The predicted molar refractivity (Wildman–Crippen MR) is 91.4 cm³/mol. The maximum absolute atomic E-state index is 13.0. The summed E-state index contributed by atoms with van der Waals surface area (Å²) >= 11 is 15.9. The first-order chi connectivity index (χ1) is 9.67. The molecule has 3 saturated carbocycles. The van der Waals surface area contributed by atoms with Crippen LogP contribution in [0.15, 0.2) is 18.2 Å². The quantitative estimate of drug-likeness (QED) is 0.661. The van der Waals surface area contributed by atoms with Crippen LogP contribution in [-0.4, -0.2) is 10.7 Å². The Bertz CT molecular complexity index is 633. The minimum Gasteiger partial charge on any atom is -0.324 e. The number of alkyl halides is 1. The Balaban J connectivity index is 1.92. The number of amides is 1. The summed E-state index contributed by atoms with van der Waals surface area (Å²) in [6.07, 6.45) is 1.96. The van der Waals surface area contributed by atoms with Gasteiger partial charge in [0.25, 0.3) is 0 Å². The molecular weight excluding hydrogens is 373 g/mol. The number of carbonyl (C=O) groups is 1. The van der Waals surface area contributed by atoms with Gasteiger partial charge in [0.05, 0.1) is 16.1 Å². The monoisotopic (exact) mass is 389 g/mol. The molecule has 3 fully saturated rings. The Kier molecular flexibility index (Phi) is 3.44. The largest absolute Gasteiger partial charge is 0.324 e. The van der Waals surface area contributed by atoms with Crippen molar-refractivity contribution in [3.63, 3.8) is 0 Å². The van der Waals surface area contributed by atoms with E-state index in [9.17, 15) is 4.79 Å². The van der Waals surface area contributed by atoms with E-state index < -0.39 is 0 Å². The van der Waals surface area contributed by atoms with Crippen LogP contribution >= 0.6 is 39.1 Å². The van der Waals surface area contributed by atoms with Crippen LogP contribution in [-0.2, 0) is 4.79 Å². The molecule has 21 heavy (non-hydrogen) atoms. The molecular formula is C16H18BrCl2NO. The van der Waals surface area contributed by atoms with Crippen LogP contribution in [0.25, 0.3) is 0 Å². The molecule has 0 aromatic heterocycles. The molecule has 2 bridgehead atoms. The lowest BCUT2D eigenvalue weighted by Crippen LogP contribution is -2.68. The van der Waals surface area contributed by atoms with Gasteiger partial charge in [-0.1, -0.05) is 59.9 Å². The molecule has 3 unspecified atom stereocenters. The highest BCUT2D eigenvalue weighted by atomic mass is 79.9. The number of halogens is 3. The second kappa shape index (κ2) is 4.62. The smallest absolute Gasteiger partial charge is 0.232 e. The van der Waals surface area contributed by atoms with Crippen LogP contribution in [0, 0.1) is 16.2 Å². The van der Waals surface area contributed by atoms with Crippen LogP contribution in [0.2, 0.25) is 10.0 Å². The van der Waals surface area contributed by atoms with E-state index >= 15 is 0 Å². The molecule has 5 heteroatoms. The summed E-state index contributed by atoms with van der Waals surface area (Å²) < 4.78 is 0. The minimum absolute atomic E-state index is 0.0357. The molecule has 4 rings (SSSR count). The number of hydrogen-bond acceptors (Lipinski definition) is 1. The topological polar surface area (TPSA) is 29.1 Å². The number of anilines is 1. The molecule has 0 heterocycles. The van der Waals surface area contributed by atoms with Crippen molar-refractivity contribution >= 4 is 50.7 Å². The zero-order valence-corrected chi connectivity index (χ0v) is 15.4. The summed E-state index contributed by atoms with van der Waals surface area (Å²) in [6.45, 7) is 6.64. The van der Waals surface area contributed by atoms with Crippen molar-refractivity contribution in [2.75, 3.05) is 5.32 Å². The molecule has 0 aliphatic heterocycles. The van der Waals surface area contributed by atoms with Crippen molar-refractivity contribution in [2.24, 2.45) is 16.2 Å². The number of carbonyl (C=O) groups excluding carboxylic acids is 1. The maximum atomic E-state index is 13.0. The minimum atomic E-state index is -0.382. The fraction of sp³-hybridized carbons (Fsp3) is 0.562. The van der Waals surface area contributed by atoms with Gasteiger partial charge in [0.1, 0.15) is 0 Å². The van der Waals surface area contributed by atoms with Gasteiger partial charge in [-0.25, -0.2) is 0 Å². The Morgan fingerprint density at radius 1 is 1.29 bits per heavy atom. The third-order valence-corrected chi connectivity index (χ3v) is 8.51. The molecule has 1 amide bonds. The Morgan fingerprint density at radius 2 is 1.95 bits per heavy atom. The van der Waals surface area contributed by atoms with Gasteiger partial charge >= 0.3 is 0 Å². The molecule has 3 atom stereocenters. The highest BCUT2D eigenvalue weighted by molar-refractivity contribution is 9.09. The molecule has 0 saturated heterocycles. The molecule has 2 nitrogen and oxygen atoms in total. The Hall–Kier alpha value is -0.250. The lowest BCUT2D eigenvalue weighted by molar-refractivity contribution is -0.155. The number of benzene rings is 1. The van der Waals surface area contributed by atoms with E-state index in [0.29, 0.717) is 15.7 Å². The zero-order chi connectivity index (χ0) is 15.6. The van der Waals surface area contributed by atoms with E-state index in [1.807, 2.05) is 0 Å². The third kappa shape index (κ3) is 1.74. The van der Waals surface area contributed by atoms with E-state index in [4.69, 9.17) is 23.2 Å². The fourth-order valence-electron chi connectivity index (χ4n) is 4.28. The van der Waals surface area contributed by atoms with Crippen molar-refractivity contribution in [3.8, 4) is 0 Å². The van der Waals surface area contributed by atoms with Crippen molar-refractivity contribution in [1.82, 2.24) is 0 Å². The molecule has 0 radical (unpaired) electrons. The summed E-state index contributed by atoms with van der Waals surface area (Å²) in [4.78, 5) is 13.2. The summed E-state index contributed by atoms with van der Waals surface area (Å²) in [5.74, 6) is 0.0357. The summed E-state index contributed by atoms with van der Waals surface area (Å²) in [6, 6.07) is 5.11. The highest BCUT2D eigenvalue weighted by Crippen LogP contribution is 2.79. The highest BCUT2D eigenvalue weighted by Gasteiger charge is 2.80. The first-order valence-corrected chi connectivity index (χ1v) is 8.74. The van der Waals surface area contributed by atoms with Gasteiger partial charge < -0.3 is 5.32 Å². The third-order valence-electron chi connectivity index (χ3n) is 6.16. The molecule has 1 aromatic carbocycles. The summed E-state index contributed by atoms with van der Waals surface area (Å²) in [5, 5.41) is 4.06. The molecule has 3 aliphatic rings. The van der Waals surface area contributed by atoms with E-state index in [2.05, 4.69) is 42.0 Å². The average Bonchev–Trinajstić information content (AvgIpc) is 2.82. The Morgan fingerprint density at radius 3 is 2.48 bits per heavy atom. The number of fused-ring (bicyclic) bond motifs is 1. The van der Waals surface area contributed by atoms with Crippen LogP contribution in [0.1, 0.15) is 33.6 Å². The molecule has 1 N–H and O–H groups in total. The zero-order valence-electron chi connectivity index (χ0n) is 12.3. The number of rotatable bonds is 2. The van der Waals surface area contributed by atoms with Gasteiger partial charge in [0.2, 0.25) is 5.91 Å². The van der Waals surface area contributed by atoms with Crippen molar-refractivity contribution in [2.45, 2.75) is 38.4 Å². The van der Waals surface area contributed by atoms with E-state index in [-0.39, 0.29) is 27.0 Å².